The lowest BCUT2D eigenvalue weighted by atomic mass is 9.84. The predicted molar refractivity (Wildman–Crippen MR) is 133 cm³/mol. The summed E-state index contributed by atoms with van der Waals surface area (Å²) in [6, 6.07) is 13.1. The van der Waals surface area contributed by atoms with Crippen molar-refractivity contribution >= 4 is 32.2 Å². The molecule has 0 amide bonds. The highest BCUT2D eigenvalue weighted by Crippen LogP contribution is 2.41. The van der Waals surface area contributed by atoms with Crippen molar-refractivity contribution in [2.75, 3.05) is 6.54 Å². The standard InChI is InChI=1S/C25H25N3O7S/c29-27(30)20-10-11-24(23(15-20)28(31)32)35-25-16-21(14-18-7-1-2-9-22(18)25)36(33,34)26-12-4-6-17-5-3-8-19(26)13-17/h1-2,7,9-11,14-17,19H,3-6,8,12-13H2. The van der Waals surface area contributed by atoms with Gasteiger partial charge in [-0.15, -0.1) is 0 Å². The molecule has 2 aliphatic rings. The smallest absolute Gasteiger partial charge is 0.318 e. The molecule has 1 saturated heterocycles. The van der Waals surface area contributed by atoms with Crippen LogP contribution < -0.4 is 4.74 Å². The molecule has 3 aromatic rings. The van der Waals surface area contributed by atoms with Gasteiger partial charge in [0, 0.05) is 30.1 Å². The Labute approximate surface area is 207 Å². The first-order valence-corrected chi connectivity index (χ1v) is 13.3. The largest absolute Gasteiger partial charge is 0.449 e. The number of non-ortho nitro benzene ring substituents is 1. The molecular formula is C25H25N3O7S. The SMILES string of the molecule is O=[N+]([O-])c1ccc(Oc2cc(S(=O)(=O)N3CCCC4CCCC3C4)cc3ccccc23)c([N+](=O)[O-])c1. The van der Waals surface area contributed by atoms with Gasteiger partial charge in [-0.05, 0) is 49.1 Å². The molecule has 0 N–H and O–H groups in total. The summed E-state index contributed by atoms with van der Waals surface area (Å²) in [5.74, 6) is 0.470. The monoisotopic (exact) mass is 511 g/mol. The summed E-state index contributed by atoms with van der Waals surface area (Å²) in [5, 5.41) is 23.9. The van der Waals surface area contributed by atoms with E-state index in [4.69, 9.17) is 4.74 Å². The van der Waals surface area contributed by atoms with Crippen molar-refractivity contribution in [3.63, 3.8) is 0 Å². The number of nitro benzene ring substituents is 2. The Morgan fingerprint density at radius 1 is 0.889 bits per heavy atom. The van der Waals surface area contributed by atoms with E-state index < -0.39 is 31.2 Å². The Hall–Kier alpha value is -3.57. The fourth-order valence-corrected chi connectivity index (χ4v) is 7.16. The lowest BCUT2D eigenvalue weighted by molar-refractivity contribution is -0.394. The second-order valence-electron chi connectivity index (χ2n) is 9.36. The summed E-state index contributed by atoms with van der Waals surface area (Å²) in [4.78, 5) is 21.3. The van der Waals surface area contributed by atoms with Crippen LogP contribution in [-0.4, -0.2) is 35.2 Å². The van der Waals surface area contributed by atoms with E-state index in [9.17, 15) is 28.6 Å². The summed E-state index contributed by atoms with van der Waals surface area (Å²) >= 11 is 0. The van der Waals surface area contributed by atoms with Gasteiger partial charge < -0.3 is 4.74 Å². The molecule has 2 unspecified atom stereocenters. The van der Waals surface area contributed by atoms with Gasteiger partial charge in [-0.1, -0.05) is 37.1 Å². The fourth-order valence-electron chi connectivity index (χ4n) is 5.41. The van der Waals surface area contributed by atoms with E-state index in [0.717, 1.165) is 56.7 Å². The number of sulfonamides is 1. The summed E-state index contributed by atoms with van der Waals surface area (Å²) in [6.45, 7) is 0.459. The topological polar surface area (TPSA) is 133 Å². The number of benzene rings is 3. The van der Waals surface area contributed by atoms with Gasteiger partial charge in [-0.2, -0.15) is 4.31 Å². The Balaban J connectivity index is 1.59. The maximum Gasteiger partial charge on any atom is 0.318 e. The first-order chi connectivity index (χ1) is 17.2. The summed E-state index contributed by atoms with van der Waals surface area (Å²) in [7, 11) is -3.86. The molecule has 0 spiro atoms. The van der Waals surface area contributed by atoms with Crippen molar-refractivity contribution in [2.45, 2.75) is 49.5 Å². The maximum absolute atomic E-state index is 13.9. The van der Waals surface area contributed by atoms with E-state index in [-0.39, 0.29) is 22.4 Å². The van der Waals surface area contributed by atoms with Crippen molar-refractivity contribution in [3.8, 4) is 11.5 Å². The molecule has 36 heavy (non-hydrogen) atoms. The number of fused-ring (bicyclic) bond motifs is 3. The Morgan fingerprint density at radius 3 is 2.44 bits per heavy atom. The van der Waals surface area contributed by atoms with Gasteiger partial charge in [0.1, 0.15) is 5.75 Å². The average Bonchev–Trinajstić information content (AvgIpc) is 3.01. The van der Waals surface area contributed by atoms with Gasteiger partial charge in [0.2, 0.25) is 15.8 Å². The van der Waals surface area contributed by atoms with Crippen LogP contribution in [0.25, 0.3) is 10.8 Å². The van der Waals surface area contributed by atoms with Crippen LogP contribution in [0.15, 0.2) is 59.5 Å². The molecule has 1 aliphatic carbocycles. The lowest BCUT2D eigenvalue weighted by Crippen LogP contribution is -2.41. The number of ether oxygens (including phenoxy) is 1. The van der Waals surface area contributed by atoms with Gasteiger partial charge in [0.05, 0.1) is 20.8 Å². The molecular weight excluding hydrogens is 486 g/mol. The molecule has 1 heterocycles. The quantitative estimate of drug-likeness (QED) is 0.302. The zero-order chi connectivity index (χ0) is 25.4. The fraction of sp³-hybridized carbons (Fsp3) is 0.360. The second kappa shape index (κ2) is 9.47. The molecule has 2 fully saturated rings. The third-order valence-corrected chi connectivity index (χ3v) is 9.06. The second-order valence-corrected chi connectivity index (χ2v) is 11.2. The first kappa shape index (κ1) is 24.1. The summed E-state index contributed by atoms with van der Waals surface area (Å²) < 4.78 is 35.3. The third kappa shape index (κ3) is 4.51. The zero-order valence-electron chi connectivity index (χ0n) is 19.4. The van der Waals surface area contributed by atoms with Crippen LogP contribution in [0, 0.1) is 26.1 Å². The minimum Gasteiger partial charge on any atom is -0.449 e. The van der Waals surface area contributed by atoms with Crippen molar-refractivity contribution in [1.29, 1.82) is 0 Å². The van der Waals surface area contributed by atoms with Crippen LogP contribution in [-0.2, 0) is 10.0 Å². The highest BCUT2D eigenvalue weighted by Gasteiger charge is 2.37. The molecule has 11 heteroatoms. The van der Waals surface area contributed by atoms with Gasteiger partial charge in [-0.25, -0.2) is 8.42 Å². The van der Waals surface area contributed by atoms with E-state index >= 15 is 0 Å². The van der Waals surface area contributed by atoms with Crippen LogP contribution in [0.1, 0.15) is 38.5 Å². The molecule has 2 atom stereocenters. The number of rotatable bonds is 6. The highest BCUT2D eigenvalue weighted by molar-refractivity contribution is 7.89. The van der Waals surface area contributed by atoms with Gasteiger partial charge in [-0.3, -0.25) is 20.2 Å². The lowest BCUT2D eigenvalue weighted by Gasteiger charge is -2.33. The van der Waals surface area contributed by atoms with E-state index in [2.05, 4.69) is 0 Å². The molecule has 3 aromatic carbocycles. The minimum atomic E-state index is -3.86. The van der Waals surface area contributed by atoms with Crippen molar-refractivity contribution in [1.82, 2.24) is 4.31 Å². The van der Waals surface area contributed by atoms with Crippen molar-refractivity contribution in [2.24, 2.45) is 5.92 Å². The van der Waals surface area contributed by atoms with E-state index in [1.165, 1.54) is 6.07 Å². The van der Waals surface area contributed by atoms with Gasteiger partial charge in [0.15, 0.2) is 0 Å². The molecule has 5 rings (SSSR count). The molecule has 1 saturated carbocycles. The molecule has 10 nitrogen and oxygen atoms in total. The van der Waals surface area contributed by atoms with Crippen molar-refractivity contribution < 1.29 is 23.0 Å². The minimum absolute atomic E-state index is 0.0390. The van der Waals surface area contributed by atoms with E-state index in [0.29, 0.717) is 23.2 Å². The maximum atomic E-state index is 13.9. The predicted octanol–water partition coefficient (Wildman–Crippen LogP) is 5.79. The Kier molecular flexibility index (Phi) is 6.35. The van der Waals surface area contributed by atoms with Gasteiger partial charge in [0.25, 0.3) is 5.69 Å². The van der Waals surface area contributed by atoms with Crippen LogP contribution in [0.4, 0.5) is 11.4 Å². The Bertz CT molecular complexity index is 1460. The number of nitrogens with zero attached hydrogens (tertiary/aromatic N) is 3. The summed E-state index contributed by atoms with van der Waals surface area (Å²) in [5.41, 5.74) is -1.02. The Morgan fingerprint density at radius 2 is 1.67 bits per heavy atom. The van der Waals surface area contributed by atoms with E-state index in [1.807, 2.05) is 0 Å². The van der Waals surface area contributed by atoms with Crippen molar-refractivity contribution in [3.05, 3.63) is 74.8 Å². The van der Waals surface area contributed by atoms with E-state index in [1.54, 1.807) is 34.6 Å². The molecule has 0 aromatic heterocycles. The molecule has 0 radical (unpaired) electrons. The highest BCUT2D eigenvalue weighted by atomic mass is 32.2. The van der Waals surface area contributed by atoms with Crippen LogP contribution in [0.2, 0.25) is 0 Å². The van der Waals surface area contributed by atoms with Crippen LogP contribution in [0.5, 0.6) is 11.5 Å². The number of hydrogen-bond acceptors (Lipinski definition) is 7. The molecule has 1 aliphatic heterocycles. The average molecular weight is 512 g/mol. The number of nitro groups is 2. The first-order valence-electron chi connectivity index (χ1n) is 11.9. The normalized spacial score (nSPS) is 20.6. The van der Waals surface area contributed by atoms with Crippen LogP contribution >= 0.6 is 0 Å². The molecule has 2 bridgehead atoms. The summed E-state index contributed by atoms with van der Waals surface area (Å²) in [6.07, 6.45) is 5.70. The zero-order valence-corrected chi connectivity index (χ0v) is 20.2. The molecule has 188 valence electrons. The van der Waals surface area contributed by atoms with Crippen LogP contribution in [0.3, 0.4) is 0 Å². The third-order valence-electron chi connectivity index (χ3n) is 7.13. The van der Waals surface area contributed by atoms with Gasteiger partial charge >= 0.3 is 5.69 Å². The number of hydrogen-bond donors (Lipinski definition) is 0.